The fourth-order valence-corrected chi connectivity index (χ4v) is 12.3. The molecule has 2 fully saturated rings. The van der Waals surface area contributed by atoms with Gasteiger partial charge in [-0.15, -0.1) is 0 Å². The minimum atomic E-state index is -0.956. The van der Waals surface area contributed by atoms with Crippen LogP contribution in [-0.4, -0.2) is 162 Å². The van der Waals surface area contributed by atoms with Crippen LogP contribution in [-0.2, 0) is 9.47 Å². The number of aliphatic hydroxyl groups is 1. The van der Waals surface area contributed by atoms with E-state index < -0.39 is 53.3 Å². The largest absolute Gasteiger partial charge is 0.495 e. The summed E-state index contributed by atoms with van der Waals surface area (Å²) in [5.41, 5.74) is 2.96. The number of nitrogens with one attached hydrogen (secondary N) is 2. The topological polar surface area (TPSA) is 228 Å². The van der Waals surface area contributed by atoms with Crippen molar-refractivity contribution >= 4 is 105 Å². The number of amides is 4. The number of benzene rings is 4. The fourth-order valence-electron chi connectivity index (χ4n) is 10.9. The summed E-state index contributed by atoms with van der Waals surface area (Å²) in [4.78, 5) is 77.4. The number of unbranched alkanes of at least 4 members (excludes halogenated alkanes) is 1. The Balaban J connectivity index is 0.831. The average molecular weight is 1270 g/mol. The SMILES string of the molecule is C=C1C=C(c2c(Cl)c(OC)cc(OC)c2Cl)C=CC1=NC(=NC)N[C@H]1C[C@@H](CN2C(=O)c3ccccc3C2=O)N(C(=O)OC(C)(C)CCCCOc2cc(OC)c(Cl)c(-c3ccc4nc(N[C@H]5C[C@@H](CO)N(C(=O)OC(C)(C)C)C5)ncc4c3)c2Cl)C1. The van der Waals surface area contributed by atoms with E-state index in [4.69, 9.17) is 84.8 Å². The number of methoxy groups -OCH3 is 3. The van der Waals surface area contributed by atoms with Crippen LogP contribution >= 0.6 is 46.4 Å². The van der Waals surface area contributed by atoms with Gasteiger partial charge in [-0.2, -0.15) is 0 Å². The van der Waals surface area contributed by atoms with Crippen molar-refractivity contribution in [2.45, 2.75) is 102 Å². The molecule has 3 aliphatic heterocycles. The number of allylic oxidation sites excluding steroid dienone is 5. The average Bonchev–Trinajstić information content (AvgIpc) is 2.51. The molecule has 4 heterocycles. The van der Waals surface area contributed by atoms with Crippen LogP contribution in [0.4, 0.5) is 15.5 Å². The van der Waals surface area contributed by atoms with E-state index >= 15 is 0 Å². The van der Waals surface area contributed by atoms with Crippen molar-refractivity contribution in [3.63, 3.8) is 0 Å². The zero-order valence-corrected chi connectivity index (χ0v) is 52.8. The number of rotatable bonds is 18. The number of anilines is 1. The summed E-state index contributed by atoms with van der Waals surface area (Å²) >= 11 is 27.5. The lowest BCUT2D eigenvalue weighted by molar-refractivity contribution is 0.00233. The number of aliphatic imine (C=N–C) groups is 2. The minimum Gasteiger partial charge on any atom is -0.495 e. The first-order chi connectivity index (χ1) is 41.4. The van der Waals surface area contributed by atoms with Crippen LogP contribution < -0.4 is 29.6 Å². The highest BCUT2D eigenvalue weighted by molar-refractivity contribution is 6.41. The molecule has 0 spiro atoms. The maximum absolute atomic E-state index is 14.4. The van der Waals surface area contributed by atoms with Crippen molar-refractivity contribution in [2.75, 3.05) is 66.5 Å². The summed E-state index contributed by atoms with van der Waals surface area (Å²) in [6.07, 6.45) is 8.33. The Morgan fingerprint density at radius 2 is 1.37 bits per heavy atom. The van der Waals surface area contributed by atoms with E-state index in [-0.39, 0.29) is 48.3 Å². The molecule has 24 heteroatoms. The van der Waals surface area contributed by atoms with Gasteiger partial charge in [-0.25, -0.2) is 24.5 Å². The van der Waals surface area contributed by atoms with Crippen molar-refractivity contribution in [2.24, 2.45) is 9.98 Å². The highest BCUT2D eigenvalue weighted by Crippen LogP contribution is 2.48. The van der Waals surface area contributed by atoms with Crippen molar-refractivity contribution < 1.29 is 52.7 Å². The zero-order valence-electron chi connectivity index (χ0n) is 49.8. The molecule has 0 unspecified atom stereocenters. The Kier molecular flexibility index (Phi) is 19.7. The smallest absolute Gasteiger partial charge is 0.410 e. The van der Waals surface area contributed by atoms with E-state index in [9.17, 15) is 24.3 Å². The van der Waals surface area contributed by atoms with Gasteiger partial charge in [0.05, 0.1) is 89.1 Å². The molecule has 87 heavy (non-hydrogen) atoms. The van der Waals surface area contributed by atoms with Crippen LogP contribution in [0.1, 0.15) is 93.0 Å². The minimum absolute atomic E-state index is 0.0700. The van der Waals surface area contributed by atoms with Crippen molar-refractivity contribution in [3.8, 4) is 34.1 Å². The van der Waals surface area contributed by atoms with Crippen molar-refractivity contribution in [1.29, 1.82) is 0 Å². The monoisotopic (exact) mass is 1270 g/mol. The Hall–Kier alpha value is -7.62. The van der Waals surface area contributed by atoms with E-state index in [1.54, 1.807) is 93.5 Å². The van der Waals surface area contributed by atoms with Gasteiger partial charge in [0.15, 0.2) is 0 Å². The molecule has 4 aliphatic rings. The second kappa shape index (κ2) is 26.8. The van der Waals surface area contributed by atoms with Crippen LogP contribution in [0.3, 0.4) is 0 Å². The number of hydrogen-bond acceptors (Lipinski definition) is 15. The Morgan fingerprint density at radius 3 is 1.99 bits per heavy atom. The summed E-state index contributed by atoms with van der Waals surface area (Å²) < 4.78 is 34.7. The number of likely N-dealkylation sites (tertiary alicyclic amines) is 2. The predicted molar refractivity (Wildman–Crippen MR) is 338 cm³/mol. The molecule has 4 amide bonds. The lowest BCUT2D eigenvalue weighted by Crippen LogP contribution is -2.47. The molecule has 0 radical (unpaired) electrons. The molecular weight excluding hydrogens is 1200 g/mol. The number of halogens is 4. The van der Waals surface area contributed by atoms with Crippen LogP contribution in [0.15, 0.2) is 101 Å². The Labute approximate surface area is 525 Å². The van der Waals surface area contributed by atoms with Gasteiger partial charge in [-0.05, 0) is 120 Å². The summed E-state index contributed by atoms with van der Waals surface area (Å²) in [7, 11) is 6.09. The van der Waals surface area contributed by atoms with E-state index in [2.05, 4.69) is 27.2 Å². The fraction of sp³-hybridized carbons (Fsp3) is 0.397. The number of guanidine groups is 1. The van der Waals surface area contributed by atoms with Crippen LogP contribution in [0, 0.1) is 0 Å². The summed E-state index contributed by atoms with van der Waals surface area (Å²) in [5.74, 6) is 1.22. The van der Waals surface area contributed by atoms with Gasteiger partial charge in [0.25, 0.3) is 11.8 Å². The zero-order chi connectivity index (χ0) is 62.6. The number of carbonyl (C=O) groups excluding carboxylic acids is 4. The molecule has 1 aromatic heterocycles. The molecule has 5 aromatic rings. The summed E-state index contributed by atoms with van der Waals surface area (Å²) in [6, 6.07) is 13.8. The lowest BCUT2D eigenvalue weighted by Gasteiger charge is -2.32. The molecule has 0 saturated carbocycles. The van der Waals surface area contributed by atoms with Gasteiger partial charge in [0.1, 0.15) is 34.2 Å². The highest BCUT2D eigenvalue weighted by Gasteiger charge is 2.44. The number of aliphatic hydroxyl groups excluding tert-OH is 1. The van der Waals surface area contributed by atoms with Gasteiger partial charge >= 0.3 is 12.2 Å². The van der Waals surface area contributed by atoms with Gasteiger partial charge in [-0.1, -0.05) is 77.3 Å². The van der Waals surface area contributed by atoms with Gasteiger partial charge < -0.3 is 54.0 Å². The van der Waals surface area contributed by atoms with Gasteiger partial charge in [0.2, 0.25) is 11.9 Å². The number of carbonyl (C=O) groups is 4. The highest BCUT2D eigenvalue weighted by atomic mass is 35.5. The summed E-state index contributed by atoms with van der Waals surface area (Å²) in [5, 5.41) is 18.6. The van der Waals surface area contributed by atoms with E-state index in [0.29, 0.717) is 133 Å². The number of nitrogens with zero attached hydrogens (tertiary/aromatic N) is 7. The number of hydrogen-bond donors (Lipinski definition) is 3. The molecular formula is C63H69Cl4N9O11. The third-order valence-corrected chi connectivity index (χ3v) is 16.7. The Morgan fingerprint density at radius 1 is 0.770 bits per heavy atom. The van der Waals surface area contributed by atoms with Crippen molar-refractivity contribution in [3.05, 3.63) is 128 Å². The van der Waals surface area contributed by atoms with Gasteiger partial charge in [-0.3, -0.25) is 19.5 Å². The quantitative estimate of drug-likeness (QED) is 0.0321. The van der Waals surface area contributed by atoms with Gasteiger partial charge in [0, 0.05) is 73.6 Å². The second-order valence-corrected chi connectivity index (χ2v) is 24.5. The van der Waals surface area contributed by atoms with E-state index in [1.165, 1.54) is 31.1 Å². The van der Waals surface area contributed by atoms with Crippen LogP contribution in [0.5, 0.6) is 23.0 Å². The molecule has 20 nitrogen and oxygen atoms in total. The van der Waals surface area contributed by atoms with E-state index in [0.717, 1.165) is 0 Å². The number of fused-ring (bicyclic) bond motifs is 2. The van der Waals surface area contributed by atoms with Crippen molar-refractivity contribution in [1.82, 2.24) is 30.0 Å². The molecule has 4 atom stereocenters. The van der Waals surface area contributed by atoms with Crippen LogP contribution in [0.2, 0.25) is 20.1 Å². The number of ether oxygens (including phenoxy) is 6. The first-order valence-corrected chi connectivity index (χ1v) is 29.8. The molecule has 0 bridgehead atoms. The molecule has 9 rings (SSSR count). The normalized spacial score (nSPS) is 19.2. The molecule has 460 valence electrons. The maximum atomic E-state index is 14.4. The predicted octanol–water partition coefficient (Wildman–Crippen LogP) is 12.1. The lowest BCUT2D eigenvalue weighted by atomic mass is 9.95. The standard InChI is InChI=1S/C63H69Cl4N9O11/c1-34-23-35(50-52(64)46(82-8)27-47(83-9)53(50)65)17-19-44(34)72-58(68-7)70-38-25-40(32-76-56(78)42-15-11-12-16-43(42)57(76)79)74(30-38)61(81)87-63(5,6)21-13-14-22-85-49-28-48(84-10)54(66)51(55(49)67)36-18-20-45-37(24-36)29-69-59(73-45)71-39-26-41(33-77)75(31-39)60(80)86-62(2,3)4/h11-12,15-20,23-24,27-29,38-41,77H,1,13-14,21-22,25-26,30-33H2,2-10H3,(H,68,70)(H,69,71,73)/t38-,39-,40-,41-/m0/s1. The third kappa shape index (κ3) is 14.2. The first-order valence-electron chi connectivity index (χ1n) is 28.2. The number of aromatic nitrogens is 2. The third-order valence-electron chi connectivity index (χ3n) is 15.2. The Bertz CT molecular complexity index is 3600. The molecule has 4 aromatic carbocycles. The molecule has 3 N–H and O–H groups in total. The summed E-state index contributed by atoms with van der Waals surface area (Å²) in [6.45, 7) is 13.7. The first kappa shape index (κ1) is 63.9. The molecule has 1 aliphatic carbocycles. The number of imide groups is 1. The molecule has 2 saturated heterocycles. The second-order valence-electron chi connectivity index (χ2n) is 23.0. The van der Waals surface area contributed by atoms with E-state index in [1.807, 2.05) is 32.0 Å². The maximum Gasteiger partial charge on any atom is 0.410 e. The van der Waals surface area contributed by atoms with Crippen LogP contribution in [0.25, 0.3) is 27.6 Å².